The van der Waals surface area contributed by atoms with Gasteiger partial charge in [0.1, 0.15) is 24.0 Å². The molecule has 0 fully saturated rings. The predicted molar refractivity (Wildman–Crippen MR) is 307 cm³/mol. The van der Waals surface area contributed by atoms with Crippen LogP contribution >= 0.6 is 0 Å². The van der Waals surface area contributed by atoms with Crippen LogP contribution in [-0.2, 0) is 21.7 Å². The zero-order valence-corrected chi connectivity index (χ0v) is 44.0. The van der Waals surface area contributed by atoms with Gasteiger partial charge in [-0.2, -0.15) is 0 Å². The molecule has 8 aromatic carbocycles. The fourth-order valence-electron chi connectivity index (χ4n) is 10.9. The van der Waals surface area contributed by atoms with Crippen molar-refractivity contribution in [1.29, 1.82) is 0 Å². The molecular formula is C68H66N4O. The third kappa shape index (κ3) is 8.75. The molecule has 0 atom stereocenters. The number of anilines is 4. The van der Waals surface area contributed by atoms with E-state index in [0.29, 0.717) is 6.67 Å². The summed E-state index contributed by atoms with van der Waals surface area (Å²) < 4.78 is 9.68. The lowest BCUT2D eigenvalue weighted by molar-refractivity contribution is 0.477. The molecule has 2 aromatic heterocycles. The highest BCUT2D eigenvalue weighted by Crippen LogP contribution is 2.49. The normalized spacial score (nSPS) is 13.2. The lowest BCUT2D eigenvalue weighted by Crippen LogP contribution is -2.25. The van der Waals surface area contributed by atoms with Crippen molar-refractivity contribution in [3.8, 4) is 28.4 Å². The van der Waals surface area contributed by atoms with Gasteiger partial charge in [0.15, 0.2) is 0 Å². The molecule has 3 heterocycles. The van der Waals surface area contributed by atoms with E-state index in [1.54, 1.807) is 0 Å². The standard InChI is InChI=1S/C68H66N4O/c1-65(2,3)50-34-35-69-63(41-50)72-59-31-21-20-30-57(59)64-58(68(9,10)49-28-18-13-19-29-49)43-56(44-62(64)72)73-55-40-51(66(4,5)6)38-54(42-55)71-45-70(60-32-22-23-33-61(60)71)53-37-47(46-24-14-11-15-25-46)36-52(39-53)67(7,8)48-26-16-12-17-27-48/h11-44H,45H2,1-10H3. The van der Waals surface area contributed by atoms with Crippen LogP contribution in [0.15, 0.2) is 206 Å². The molecule has 0 N–H and O–H groups in total. The highest BCUT2D eigenvalue weighted by Gasteiger charge is 2.33. The molecule has 1 aliphatic heterocycles. The number of fused-ring (bicyclic) bond motifs is 4. The van der Waals surface area contributed by atoms with Crippen molar-refractivity contribution < 1.29 is 4.74 Å². The van der Waals surface area contributed by atoms with Crippen molar-refractivity contribution in [2.24, 2.45) is 0 Å². The van der Waals surface area contributed by atoms with Crippen LogP contribution in [0, 0.1) is 0 Å². The largest absolute Gasteiger partial charge is 0.457 e. The maximum atomic E-state index is 7.34. The second kappa shape index (κ2) is 18.0. The van der Waals surface area contributed by atoms with Crippen molar-refractivity contribution in [2.45, 2.75) is 90.9 Å². The quantitative estimate of drug-likeness (QED) is 0.137. The van der Waals surface area contributed by atoms with E-state index < -0.39 is 0 Å². The Balaban J connectivity index is 1.06. The second-order valence-corrected chi connectivity index (χ2v) is 23.0. The lowest BCUT2D eigenvalue weighted by atomic mass is 9.76. The van der Waals surface area contributed by atoms with Crippen molar-refractivity contribution in [3.63, 3.8) is 0 Å². The van der Waals surface area contributed by atoms with Gasteiger partial charge in [0.05, 0.1) is 22.4 Å². The number of hydrogen-bond donors (Lipinski definition) is 0. The molecule has 1 aliphatic rings. The number of para-hydroxylation sites is 3. The smallest absolute Gasteiger partial charge is 0.137 e. The molecule has 73 heavy (non-hydrogen) atoms. The summed E-state index contributed by atoms with van der Waals surface area (Å²) in [5.41, 5.74) is 15.6. The molecule has 0 aliphatic carbocycles. The molecule has 0 saturated carbocycles. The first-order chi connectivity index (χ1) is 34.9. The summed E-state index contributed by atoms with van der Waals surface area (Å²) in [5, 5.41) is 2.38. The summed E-state index contributed by atoms with van der Waals surface area (Å²) in [7, 11) is 0. The fourth-order valence-corrected chi connectivity index (χ4v) is 10.9. The van der Waals surface area contributed by atoms with Gasteiger partial charge in [-0.25, -0.2) is 4.98 Å². The number of ether oxygens (including phenoxy) is 1. The van der Waals surface area contributed by atoms with Crippen molar-refractivity contribution in [2.75, 3.05) is 16.5 Å². The van der Waals surface area contributed by atoms with Gasteiger partial charge in [-0.15, -0.1) is 0 Å². The topological polar surface area (TPSA) is 33.5 Å². The SMILES string of the molecule is CC(C)(C)c1cc(Oc2cc(C(C)(C)c3ccccc3)c3c4ccccc4n(-c4cc(C(C)(C)C)ccn4)c3c2)cc(N2CN(c3cc(-c4ccccc4)cc(C(C)(C)c4ccccc4)c3)c3ccccc32)c1. The molecule has 0 radical (unpaired) electrons. The minimum atomic E-state index is -0.385. The number of hydrogen-bond acceptors (Lipinski definition) is 4. The Bertz CT molecular complexity index is 3650. The number of pyridine rings is 1. The first-order valence-corrected chi connectivity index (χ1v) is 25.8. The Morgan fingerprint density at radius 3 is 1.60 bits per heavy atom. The van der Waals surface area contributed by atoms with Crippen molar-refractivity contribution in [1.82, 2.24) is 9.55 Å². The van der Waals surface area contributed by atoms with Crippen LogP contribution in [0.2, 0.25) is 0 Å². The zero-order chi connectivity index (χ0) is 50.9. The number of rotatable bonds is 10. The van der Waals surface area contributed by atoms with Crippen molar-refractivity contribution >= 4 is 44.6 Å². The van der Waals surface area contributed by atoms with E-state index >= 15 is 0 Å². The van der Waals surface area contributed by atoms with E-state index in [1.807, 2.05) is 6.20 Å². The highest BCUT2D eigenvalue weighted by atomic mass is 16.5. The van der Waals surface area contributed by atoms with Crippen molar-refractivity contribution in [3.05, 3.63) is 240 Å². The van der Waals surface area contributed by atoms with Crippen LogP contribution in [0.5, 0.6) is 11.5 Å². The van der Waals surface area contributed by atoms with E-state index in [1.165, 1.54) is 55.3 Å². The van der Waals surface area contributed by atoms with Crippen LogP contribution in [0.3, 0.4) is 0 Å². The molecule has 0 bridgehead atoms. The molecule has 11 rings (SSSR count). The summed E-state index contributed by atoms with van der Waals surface area (Å²) in [6.07, 6.45) is 1.95. The average molecular weight is 955 g/mol. The average Bonchev–Trinajstić information content (AvgIpc) is 3.95. The molecule has 10 aromatic rings. The van der Waals surface area contributed by atoms with Gasteiger partial charge in [0.25, 0.3) is 0 Å². The van der Waals surface area contributed by atoms with Crippen LogP contribution in [0.25, 0.3) is 38.8 Å². The molecule has 0 saturated heterocycles. The number of nitrogens with zero attached hydrogens (tertiary/aromatic N) is 4. The fraction of sp³-hybridized carbons (Fsp3) is 0.221. The molecule has 5 heteroatoms. The lowest BCUT2D eigenvalue weighted by Gasteiger charge is -2.30. The second-order valence-electron chi connectivity index (χ2n) is 23.0. The van der Waals surface area contributed by atoms with Gasteiger partial charge >= 0.3 is 0 Å². The maximum Gasteiger partial charge on any atom is 0.137 e. The Morgan fingerprint density at radius 2 is 0.959 bits per heavy atom. The summed E-state index contributed by atoms with van der Waals surface area (Å²) >= 11 is 0. The molecule has 0 amide bonds. The third-order valence-electron chi connectivity index (χ3n) is 15.4. The van der Waals surface area contributed by atoms with Gasteiger partial charge in [-0.1, -0.05) is 197 Å². The Morgan fingerprint density at radius 1 is 0.411 bits per heavy atom. The van der Waals surface area contributed by atoms with E-state index in [9.17, 15) is 0 Å². The van der Waals surface area contributed by atoms with Gasteiger partial charge in [0, 0.05) is 51.3 Å². The summed E-state index contributed by atoms with van der Waals surface area (Å²) in [4.78, 5) is 9.99. The first kappa shape index (κ1) is 47.4. The Labute approximate surface area is 432 Å². The van der Waals surface area contributed by atoms with Crippen LogP contribution in [0.1, 0.15) is 103 Å². The first-order valence-electron chi connectivity index (χ1n) is 25.8. The van der Waals surface area contributed by atoms with E-state index in [4.69, 9.17) is 9.72 Å². The Hall–Kier alpha value is -7.89. The zero-order valence-electron chi connectivity index (χ0n) is 44.0. The molecule has 0 unspecified atom stereocenters. The van der Waals surface area contributed by atoms with E-state index in [-0.39, 0.29) is 21.7 Å². The van der Waals surface area contributed by atoms with Gasteiger partial charge in [-0.3, -0.25) is 4.57 Å². The number of benzene rings is 8. The van der Waals surface area contributed by atoms with Crippen LogP contribution < -0.4 is 14.5 Å². The van der Waals surface area contributed by atoms with Gasteiger partial charge in [-0.05, 0) is 116 Å². The summed E-state index contributed by atoms with van der Waals surface area (Å²) in [6.45, 7) is 23.6. The van der Waals surface area contributed by atoms with Crippen LogP contribution in [0.4, 0.5) is 22.7 Å². The minimum Gasteiger partial charge on any atom is -0.457 e. The maximum absolute atomic E-state index is 7.34. The van der Waals surface area contributed by atoms with E-state index in [2.05, 4.69) is 284 Å². The minimum absolute atomic E-state index is 0.0533. The van der Waals surface area contributed by atoms with E-state index in [0.717, 1.165) is 51.1 Å². The molecule has 0 spiro atoms. The number of aromatic nitrogens is 2. The van der Waals surface area contributed by atoms with Gasteiger partial charge in [0.2, 0.25) is 0 Å². The Kier molecular flexibility index (Phi) is 11.7. The van der Waals surface area contributed by atoms with Gasteiger partial charge < -0.3 is 14.5 Å². The predicted octanol–water partition coefficient (Wildman–Crippen LogP) is 18.1. The highest BCUT2D eigenvalue weighted by molar-refractivity contribution is 6.12. The summed E-state index contributed by atoms with van der Waals surface area (Å²) in [5.74, 6) is 2.45. The monoisotopic (exact) mass is 955 g/mol. The summed E-state index contributed by atoms with van der Waals surface area (Å²) in [6, 6.07) is 73.0. The molecule has 5 nitrogen and oxygen atoms in total. The molecular weight excluding hydrogens is 889 g/mol. The molecule has 364 valence electrons. The van der Waals surface area contributed by atoms with Crippen LogP contribution in [-0.4, -0.2) is 16.2 Å². The third-order valence-corrected chi connectivity index (χ3v) is 15.4.